The second kappa shape index (κ2) is 5.29. The van der Waals surface area contributed by atoms with Gasteiger partial charge in [-0.1, -0.05) is 25.1 Å². The van der Waals surface area contributed by atoms with Crippen molar-refractivity contribution in [1.82, 2.24) is 4.90 Å². The van der Waals surface area contributed by atoms with Crippen molar-refractivity contribution in [3.63, 3.8) is 0 Å². The fourth-order valence-corrected chi connectivity index (χ4v) is 2.58. The van der Waals surface area contributed by atoms with Gasteiger partial charge in [-0.3, -0.25) is 4.90 Å². The fourth-order valence-electron chi connectivity index (χ4n) is 2.58. The highest BCUT2D eigenvalue weighted by Gasteiger charge is 2.30. The molecule has 1 aliphatic heterocycles. The minimum absolute atomic E-state index is 0.0479. The molecule has 1 unspecified atom stereocenters. The van der Waals surface area contributed by atoms with E-state index >= 15 is 0 Å². The summed E-state index contributed by atoms with van der Waals surface area (Å²) in [5, 5.41) is 0. The minimum Gasteiger partial charge on any atom is -0.493 e. The maximum atomic E-state index is 5.88. The van der Waals surface area contributed by atoms with Crippen molar-refractivity contribution < 1.29 is 4.74 Å². The van der Waals surface area contributed by atoms with Crippen LogP contribution in [0.15, 0.2) is 24.3 Å². The topological polar surface area (TPSA) is 38.5 Å². The van der Waals surface area contributed by atoms with Crippen LogP contribution in [0.4, 0.5) is 0 Å². The Morgan fingerprint density at radius 3 is 2.78 bits per heavy atom. The quantitative estimate of drug-likeness (QED) is 0.868. The summed E-state index contributed by atoms with van der Waals surface area (Å²) in [6.07, 6.45) is 0. The molecule has 18 heavy (non-hydrogen) atoms. The molecule has 1 heterocycles. The smallest absolute Gasteiger partial charge is 0.122 e. The predicted octanol–water partition coefficient (Wildman–Crippen LogP) is 2.22. The van der Waals surface area contributed by atoms with E-state index in [2.05, 4.69) is 43.9 Å². The lowest BCUT2D eigenvalue weighted by Gasteiger charge is -2.38. The summed E-state index contributed by atoms with van der Waals surface area (Å²) in [4.78, 5) is 2.45. The first-order valence-corrected chi connectivity index (χ1v) is 6.75. The molecule has 1 aromatic rings. The van der Waals surface area contributed by atoms with Gasteiger partial charge in [0.25, 0.3) is 0 Å². The van der Waals surface area contributed by atoms with Crippen molar-refractivity contribution in [1.29, 1.82) is 0 Å². The number of nitrogens with two attached hydrogens (primary N) is 1. The van der Waals surface area contributed by atoms with Gasteiger partial charge in [0, 0.05) is 30.1 Å². The monoisotopic (exact) mass is 248 g/mol. The average Bonchev–Trinajstić information content (AvgIpc) is 2.79. The van der Waals surface area contributed by atoms with Crippen LogP contribution >= 0.6 is 0 Å². The number of benzene rings is 1. The molecule has 0 aliphatic carbocycles. The van der Waals surface area contributed by atoms with Crippen LogP contribution in [0.5, 0.6) is 5.75 Å². The minimum atomic E-state index is 0.0479. The van der Waals surface area contributed by atoms with Crippen LogP contribution in [0, 0.1) is 0 Å². The molecule has 0 fully saturated rings. The third-order valence-electron chi connectivity index (χ3n) is 3.98. The second-order valence-electron chi connectivity index (χ2n) is 5.60. The van der Waals surface area contributed by atoms with E-state index in [4.69, 9.17) is 10.5 Å². The lowest BCUT2D eigenvalue weighted by molar-refractivity contribution is 0.120. The summed E-state index contributed by atoms with van der Waals surface area (Å²) in [6, 6.07) is 8.35. The highest BCUT2D eigenvalue weighted by Crippen LogP contribution is 2.34. The van der Waals surface area contributed by atoms with E-state index in [1.54, 1.807) is 0 Å². The molecule has 0 saturated carbocycles. The molecule has 0 bridgehead atoms. The van der Waals surface area contributed by atoms with E-state index in [-0.39, 0.29) is 5.54 Å². The summed E-state index contributed by atoms with van der Waals surface area (Å²) in [5.41, 5.74) is 7.26. The SMILES string of the molecule is CCN(CC1COc2ccccc21)C(C)(C)CN. The summed E-state index contributed by atoms with van der Waals surface area (Å²) in [5.74, 6) is 1.51. The molecule has 1 atom stereocenters. The Labute approximate surface area is 110 Å². The number of likely N-dealkylation sites (N-methyl/N-ethyl adjacent to an activating group) is 1. The Morgan fingerprint density at radius 1 is 1.39 bits per heavy atom. The molecule has 3 heteroatoms. The van der Waals surface area contributed by atoms with Crippen molar-refractivity contribution in [2.45, 2.75) is 32.2 Å². The number of hydrogen-bond acceptors (Lipinski definition) is 3. The first kappa shape index (κ1) is 13.4. The summed E-state index contributed by atoms with van der Waals surface area (Å²) in [6.45, 7) is 10.1. The predicted molar refractivity (Wildman–Crippen MR) is 75.1 cm³/mol. The molecule has 1 aromatic carbocycles. The van der Waals surface area contributed by atoms with Crippen LogP contribution in [0.3, 0.4) is 0 Å². The van der Waals surface area contributed by atoms with Crippen LogP contribution in [-0.4, -0.2) is 36.7 Å². The van der Waals surface area contributed by atoms with Crippen LogP contribution < -0.4 is 10.5 Å². The number of ether oxygens (including phenoxy) is 1. The van der Waals surface area contributed by atoms with Crippen LogP contribution in [0.25, 0.3) is 0 Å². The van der Waals surface area contributed by atoms with Gasteiger partial charge in [-0.05, 0) is 26.5 Å². The molecule has 3 nitrogen and oxygen atoms in total. The van der Waals surface area contributed by atoms with E-state index in [1.165, 1.54) is 5.56 Å². The molecular formula is C15H24N2O. The highest BCUT2D eigenvalue weighted by atomic mass is 16.5. The van der Waals surface area contributed by atoms with Gasteiger partial charge < -0.3 is 10.5 Å². The van der Waals surface area contributed by atoms with Gasteiger partial charge >= 0.3 is 0 Å². The molecule has 0 saturated heterocycles. The molecule has 0 radical (unpaired) electrons. The molecular weight excluding hydrogens is 224 g/mol. The Morgan fingerprint density at radius 2 is 2.11 bits per heavy atom. The lowest BCUT2D eigenvalue weighted by Crippen LogP contribution is -2.50. The number of para-hydroxylation sites is 1. The third kappa shape index (κ3) is 2.52. The van der Waals surface area contributed by atoms with Gasteiger partial charge in [-0.15, -0.1) is 0 Å². The fraction of sp³-hybridized carbons (Fsp3) is 0.600. The number of fused-ring (bicyclic) bond motifs is 1. The molecule has 100 valence electrons. The molecule has 2 N–H and O–H groups in total. The Balaban J connectivity index is 2.11. The van der Waals surface area contributed by atoms with E-state index in [9.17, 15) is 0 Å². The van der Waals surface area contributed by atoms with Gasteiger partial charge in [-0.25, -0.2) is 0 Å². The van der Waals surface area contributed by atoms with Crippen molar-refractivity contribution in [2.24, 2.45) is 5.73 Å². The summed E-state index contributed by atoms with van der Waals surface area (Å²) < 4.78 is 5.74. The first-order chi connectivity index (χ1) is 8.58. The van der Waals surface area contributed by atoms with Crippen molar-refractivity contribution in [2.75, 3.05) is 26.2 Å². The van der Waals surface area contributed by atoms with Crippen LogP contribution in [-0.2, 0) is 0 Å². The third-order valence-corrected chi connectivity index (χ3v) is 3.98. The maximum Gasteiger partial charge on any atom is 0.122 e. The molecule has 1 aliphatic rings. The molecule has 2 rings (SSSR count). The number of hydrogen-bond donors (Lipinski definition) is 1. The van der Waals surface area contributed by atoms with Gasteiger partial charge in [0.1, 0.15) is 5.75 Å². The van der Waals surface area contributed by atoms with E-state index in [0.717, 1.165) is 25.4 Å². The molecule has 0 aromatic heterocycles. The normalized spacial score (nSPS) is 18.8. The van der Waals surface area contributed by atoms with Gasteiger partial charge in [0.2, 0.25) is 0 Å². The zero-order valence-electron chi connectivity index (χ0n) is 11.6. The Kier molecular flexibility index (Phi) is 3.93. The summed E-state index contributed by atoms with van der Waals surface area (Å²) >= 11 is 0. The highest BCUT2D eigenvalue weighted by molar-refractivity contribution is 5.39. The zero-order valence-corrected chi connectivity index (χ0v) is 11.6. The molecule has 0 amide bonds. The number of nitrogens with zero attached hydrogens (tertiary/aromatic N) is 1. The van der Waals surface area contributed by atoms with E-state index < -0.39 is 0 Å². The lowest BCUT2D eigenvalue weighted by atomic mass is 9.96. The van der Waals surface area contributed by atoms with Crippen molar-refractivity contribution in [3.8, 4) is 5.75 Å². The second-order valence-corrected chi connectivity index (χ2v) is 5.60. The number of rotatable bonds is 5. The average molecular weight is 248 g/mol. The van der Waals surface area contributed by atoms with E-state index in [0.29, 0.717) is 12.5 Å². The molecule has 0 spiro atoms. The maximum absolute atomic E-state index is 5.88. The standard InChI is InChI=1S/C15H24N2O/c1-4-17(15(2,3)11-16)9-12-10-18-14-8-6-5-7-13(12)14/h5-8,12H,4,9-11,16H2,1-3H3. The summed E-state index contributed by atoms with van der Waals surface area (Å²) in [7, 11) is 0. The largest absolute Gasteiger partial charge is 0.493 e. The van der Waals surface area contributed by atoms with Crippen LogP contribution in [0.1, 0.15) is 32.3 Å². The van der Waals surface area contributed by atoms with E-state index in [1.807, 2.05) is 6.07 Å². The zero-order chi connectivity index (χ0) is 13.2. The van der Waals surface area contributed by atoms with Crippen molar-refractivity contribution in [3.05, 3.63) is 29.8 Å². The van der Waals surface area contributed by atoms with Crippen LogP contribution in [0.2, 0.25) is 0 Å². The van der Waals surface area contributed by atoms with Crippen molar-refractivity contribution >= 4 is 0 Å². The van der Waals surface area contributed by atoms with Gasteiger partial charge in [0.05, 0.1) is 6.61 Å². The Bertz CT molecular complexity index is 403. The Hall–Kier alpha value is -1.06. The first-order valence-electron chi connectivity index (χ1n) is 6.75. The van der Waals surface area contributed by atoms with Gasteiger partial charge in [-0.2, -0.15) is 0 Å². The van der Waals surface area contributed by atoms with Gasteiger partial charge in [0.15, 0.2) is 0 Å².